The standard InChI is InChI=1S/2C10H10N2/c2*1-7-6-9(11)8-4-2-3-5-10(8)12-7/h2*2-6H,1H3,(H2,11,12). The number of aryl methyl sites for hydroxylation is 2. The highest BCUT2D eigenvalue weighted by Gasteiger charge is 1.99. The third-order valence-electron chi connectivity index (χ3n) is 3.75. The van der Waals surface area contributed by atoms with E-state index in [1.54, 1.807) is 0 Å². The van der Waals surface area contributed by atoms with Crippen LogP contribution in [0, 0.1) is 13.8 Å². The third-order valence-corrected chi connectivity index (χ3v) is 3.75. The third kappa shape index (κ3) is 3.27. The molecule has 0 saturated carbocycles. The van der Waals surface area contributed by atoms with Crippen molar-refractivity contribution < 1.29 is 0 Å². The van der Waals surface area contributed by atoms with E-state index in [1.807, 2.05) is 74.5 Å². The van der Waals surface area contributed by atoms with Gasteiger partial charge in [-0.1, -0.05) is 36.4 Å². The molecule has 4 nitrogen and oxygen atoms in total. The van der Waals surface area contributed by atoms with Gasteiger partial charge in [-0.25, -0.2) is 0 Å². The molecule has 0 saturated heterocycles. The van der Waals surface area contributed by atoms with Gasteiger partial charge in [0.25, 0.3) is 0 Å². The van der Waals surface area contributed by atoms with Crippen molar-refractivity contribution in [2.75, 3.05) is 11.5 Å². The van der Waals surface area contributed by atoms with Gasteiger partial charge in [0.05, 0.1) is 11.0 Å². The van der Waals surface area contributed by atoms with Gasteiger partial charge in [0, 0.05) is 33.5 Å². The van der Waals surface area contributed by atoms with Crippen LogP contribution in [0.5, 0.6) is 0 Å². The summed E-state index contributed by atoms with van der Waals surface area (Å²) in [6.07, 6.45) is 0. The van der Waals surface area contributed by atoms with Crippen molar-refractivity contribution >= 4 is 33.2 Å². The fourth-order valence-corrected chi connectivity index (χ4v) is 2.68. The van der Waals surface area contributed by atoms with Gasteiger partial charge in [-0.3, -0.25) is 9.97 Å². The van der Waals surface area contributed by atoms with Gasteiger partial charge >= 0.3 is 0 Å². The first-order valence-electron chi connectivity index (χ1n) is 7.78. The molecule has 4 heteroatoms. The summed E-state index contributed by atoms with van der Waals surface area (Å²) in [4.78, 5) is 8.71. The molecule has 120 valence electrons. The lowest BCUT2D eigenvalue weighted by Crippen LogP contribution is -1.91. The molecule has 2 heterocycles. The van der Waals surface area contributed by atoms with E-state index in [-0.39, 0.29) is 0 Å². The Balaban J connectivity index is 0.000000141. The van der Waals surface area contributed by atoms with Gasteiger partial charge in [-0.05, 0) is 38.1 Å². The molecule has 0 aliphatic carbocycles. The van der Waals surface area contributed by atoms with E-state index in [4.69, 9.17) is 11.5 Å². The highest BCUT2D eigenvalue weighted by Crippen LogP contribution is 2.20. The fourth-order valence-electron chi connectivity index (χ4n) is 2.68. The molecule has 0 unspecified atom stereocenters. The number of aromatic nitrogens is 2. The van der Waals surface area contributed by atoms with E-state index < -0.39 is 0 Å². The van der Waals surface area contributed by atoms with E-state index in [9.17, 15) is 0 Å². The Morgan fingerprint density at radius 2 is 1.00 bits per heavy atom. The Bertz CT molecular complexity index is 925. The Morgan fingerprint density at radius 3 is 1.42 bits per heavy atom. The molecule has 4 rings (SSSR count). The van der Waals surface area contributed by atoms with Crippen LogP contribution in [0.15, 0.2) is 60.7 Å². The van der Waals surface area contributed by atoms with Crippen LogP contribution in [0.4, 0.5) is 11.4 Å². The first-order chi connectivity index (χ1) is 11.5. The summed E-state index contributed by atoms with van der Waals surface area (Å²) in [7, 11) is 0. The maximum atomic E-state index is 5.82. The lowest BCUT2D eigenvalue weighted by atomic mass is 10.2. The zero-order chi connectivity index (χ0) is 17.1. The van der Waals surface area contributed by atoms with Crippen LogP contribution < -0.4 is 11.5 Å². The van der Waals surface area contributed by atoms with E-state index in [0.717, 1.165) is 44.6 Å². The number of anilines is 2. The molecule has 0 atom stereocenters. The minimum absolute atomic E-state index is 0.804. The van der Waals surface area contributed by atoms with Gasteiger partial charge in [-0.2, -0.15) is 0 Å². The van der Waals surface area contributed by atoms with E-state index in [2.05, 4.69) is 9.97 Å². The molecule has 2 aromatic carbocycles. The minimum atomic E-state index is 0.804. The topological polar surface area (TPSA) is 77.8 Å². The molecule has 2 aromatic heterocycles. The number of nitrogens with two attached hydrogens (primary N) is 2. The van der Waals surface area contributed by atoms with Crippen molar-refractivity contribution in [3.63, 3.8) is 0 Å². The number of pyridine rings is 2. The van der Waals surface area contributed by atoms with Gasteiger partial charge in [0.1, 0.15) is 0 Å². The maximum Gasteiger partial charge on any atom is 0.0725 e. The predicted molar refractivity (Wildman–Crippen MR) is 102 cm³/mol. The summed E-state index contributed by atoms with van der Waals surface area (Å²) in [6, 6.07) is 19.6. The monoisotopic (exact) mass is 316 g/mol. The van der Waals surface area contributed by atoms with Crippen molar-refractivity contribution in [2.24, 2.45) is 0 Å². The average Bonchev–Trinajstić information content (AvgIpc) is 2.55. The van der Waals surface area contributed by atoms with Gasteiger partial charge in [0.15, 0.2) is 0 Å². The summed E-state index contributed by atoms with van der Waals surface area (Å²) >= 11 is 0. The molecule has 0 radical (unpaired) electrons. The first-order valence-corrected chi connectivity index (χ1v) is 7.78. The predicted octanol–water partition coefficient (Wildman–Crippen LogP) is 4.25. The Labute approximate surface area is 141 Å². The smallest absolute Gasteiger partial charge is 0.0725 e. The van der Waals surface area contributed by atoms with Gasteiger partial charge < -0.3 is 11.5 Å². The quantitative estimate of drug-likeness (QED) is 0.508. The van der Waals surface area contributed by atoms with Crippen LogP contribution in [-0.2, 0) is 0 Å². The largest absolute Gasteiger partial charge is 0.398 e. The number of nitrogens with zero attached hydrogens (tertiary/aromatic N) is 2. The number of benzene rings is 2. The number of nitrogen functional groups attached to an aromatic ring is 2. The average molecular weight is 316 g/mol. The van der Waals surface area contributed by atoms with Crippen molar-refractivity contribution in [2.45, 2.75) is 13.8 Å². The maximum absolute atomic E-state index is 5.82. The first kappa shape index (κ1) is 15.7. The molecule has 0 spiro atoms. The zero-order valence-corrected chi connectivity index (χ0v) is 13.8. The highest BCUT2D eigenvalue weighted by molar-refractivity contribution is 5.90. The zero-order valence-electron chi connectivity index (χ0n) is 13.8. The van der Waals surface area contributed by atoms with Crippen molar-refractivity contribution in [1.82, 2.24) is 9.97 Å². The SMILES string of the molecule is Cc1cc(N)c2ccccc2n1.Cc1cc(N)c2ccccc2n1. The van der Waals surface area contributed by atoms with Crippen LogP contribution in [-0.4, -0.2) is 9.97 Å². The molecule has 24 heavy (non-hydrogen) atoms. The summed E-state index contributed by atoms with van der Waals surface area (Å²) < 4.78 is 0. The number of rotatable bonds is 0. The van der Waals surface area contributed by atoms with Crippen LogP contribution >= 0.6 is 0 Å². The van der Waals surface area contributed by atoms with Crippen LogP contribution in [0.3, 0.4) is 0 Å². The molecule has 0 fully saturated rings. The molecule has 4 aromatic rings. The second-order valence-electron chi connectivity index (χ2n) is 5.74. The molecular formula is C20H20N4. The second-order valence-corrected chi connectivity index (χ2v) is 5.74. The van der Waals surface area contributed by atoms with Gasteiger partial charge in [0.2, 0.25) is 0 Å². The molecule has 0 amide bonds. The highest BCUT2D eigenvalue weighted by atomic mass is 14.7. The number of hydrogen-bond acceptors (Lipinski definition) is 4. The molecule has 0 aliphatic rings. The number of para-hydroxylation sites is 2. The lowest BCUT2D eigenvalue weighted by Gasteiger charge is -2.01. The van der Waals surface area contributed by atoms with E-state index in [0.29, 0.717) is 0 Å². The van der Waals surface area contributed by atoms with Gasteiger partial charge in [-0.15, -0.1) is 0 Å². The normalized spacial score (nSPS) is 10.4. The van der Waals surface area contributed by atoms with Crippen molar-refractivity contribution in [1.29, 1.82) is 0 Å². The minimum Gasteiger partial charge on any atom is -0.398 e. The Kier molecular flexibility index (Phi) is 4.29. The summed E-state index contributed by atoms with van der Waals surface area (Å²) in [5.41, 5.74) is 17.1. The number of fused-ring (bicyclic) bond motifs is 2. The van der Waals surface area contributed by atoms with Crippen LogP contribution in [0.1, 0.15) is 11.4 Å². The Hall–Kier alpha value is -3.14. The summed E-state index contributed by atoms with van der Waals surface area (Å²) in [6.45, 7) is 3.89. The lowest BCUT2D eigenvalue weighted by molar-refractivity contribution is 1.26. The second kappa shape index (κ2) is 6.54. The van der Waals surface area contributed by atoms with E-state index in [1.165, 1.54) is 0 Å². The van der Waals surface area contributed by atoms with Crippen LogP contribution in [0.25, 0.3) is 21.8 Å². The summed E-state index contributed by atoms with van der Waals surface area (Å²) in [5.74, 6) is 0. The van der Waals surface area contributed by atoms with Crippen molar-refractivity contribution in [3.8, 4) is 0 Å². The summed E-state index contributed by atoms with van der Waals surface area (Å²) in [5, 5.41) is 2.06. The fraction of sp³-hybridized carbons (Fsp3) is 0.100. The molecule has 4 N–H and O–H groups in total. The van der Waals surface area contributed by atoms with Crippen LogP contribution in [0.2, 0.25) is 0 Å². The molecular weight excluding hydrogens is 296 g/mol. The number of hydrogen-bond donors (Lipinski definition) is 2. The van der Waals surface area contributed by atoms with Crippen molar-refractivity contribution in [3.05, 3.63) is 72.1 Å². The Morgan fingerprint density at radius 1 is 0.625 bits per heavy atom. The molecule has 0 aliphatic heterocycles. The van der Waals surface area contributed by atoms with E-state index >= 15 is 0 Å². The molecule has 0 bridgehead atoms.